The van der Waals surface area contributed by atoms with E-state index in [2.05, 4.69) is 0 Å². The van der Waals surface area contributed by atoms with Crippen LogP contribution in [-0.4, -0.2) is 19.7 Å². The zero-order valence-electron chi connectivity index (χ0n) is 15.1. The number of methoxy groups -OCH3 is 1. The highest BCUT2D eigenvalue weighted by atomic mass is 35.5. The average molecular weight is 393 g/mol. The zero-order valence-corrected chi connectivity index (χ0v) is 15.9. The Labute approximate surface area is 167 Å². The Bertz CT molecular complexity index is 1130. The van der Waals surface area contributed by atoms with E-state index < -0.39 is 5.54 Å². The van der Waals surface area contributed by atoms with Gasteiger partial charge in [-0.1, -0.05) is 35.9 Å². The van der Waals surface area contributed by atoms with Crippen LogP contribution in [0.5, 0.6) is 17.2 Å². The fourth-order valence-electron chi connectivity index (χ4n) is 3.82. The first kappa shape index (κ1) is 17.0. The zero-order chi connectivity index (χ0) is 19.3. The number of rotatable bonds is 2. The van der Waals surface area contributed by atoms with Crippen LogP contribution in [0.2, 0.25) is 5.02 Å². The Morgan fingerprint density at radius 3 is 2.50 bits per heavy atom. The van der Waals surface area contributed by atoms with Crippen molar-refractivity contribution in [1.29, 1.82) is 0 Å². The van der Waals surface area contributed by atoms with Crippen molar-refractivity contribution in [3.05, 3.63) is 76.8 Å². The third-order valence-electron chi connectivity index (χ3n) is 5.19. The van der Waals surface area contributed by atoms with E-state index in [4.69, 9.17) is 36.5 Å². The number of benzene rings is 3. The van der Waals surface area contributed by atoms with Gasteiger partial charge in [-0.25, -0.2) is 4.99 Å². The standard InChI is InChI=1S/C22H17ClN2O3/c1-26-14-7-9-20-17(11-14)22(12-27-21(24)25-22)16-10-13(6-8-19(16)28-20)15-4-2-3-5-18(15)23/h2-11H,12H2,1H3,(H2,24,25). The molecule has 3 aromatic carbocycles. The van der Waals surface area contributed by atoms with Gasteiger partial charge in [0.2, 0.25) is 0 Å². The van der Waals surface area contributed by atoms with Gasteiger partial charge in [0.25, 0.3) is 6.02 Å². The lowest BCUT2D eigenvalue weighted by atomic mass is 9.80. The number of halogens is 1. The van der Waals surface area contributed by atoms with Crippen LogP contribution < -0.4 is 15.2 Å². The molecule has 0 saturated carbocycles. The Morgan fingerprint density at radius 1 is 1.04 bits per heavy atom. The molecule has 28 heavy (non-hydrogen) atoms. The molecule has 2 N–H and O–H groups in total. The molecule has 6 heteroatoms. The van der Waals surface area contributed by atoms with Crippen LogP contribution in [-0.2, 0) is 10.3 Å². The third-order valence-corrected chi connectivity index (χ3v) is 5.52. The van der Waals surface area contributed by atoms with E-state index >= 15 is 0 Å². The summed E-state index contributed by atoms with van der Waals surface area (Å²) in [5.74, 6) is 2.14. The fourth-order valence-corrected chi connectivity index (χ4v) is 4.07. The minimum absolute atomic E-state index is 0.157. The summed E-state index contributed by atoms with van der Waals surface area (Å²) < 4.78 is 17.2. The highest BCUT2D eigenvalue weighted by Gasteiger charge is 2.47. The van der Waals surface area contributed by atoms with Gasteiger partial charge >= 0.3 is 0 Å². The third kappa shape index (κ3) is 2.43. The predicted molar refractivity (Wildman–Crippen MR) is 108 cm³/mol. The van der Waals surface area contributed by atoms with Crippen molar-refractivity contribution >= 4 is 17.6 Å². The van der Waals surface area contributed by atoms with Crippen LogP contribution in [0.3, 0.4) is 0 Å². The van der Waals surface area contributed by atoms with Crippen LogP contribution >= 0.6 is 11.6 Å². The minimum atomic E-state index is -0.793. The monoisotopic (exact) mass is 392 g/mol. The number of hydrogen-bond acceptors (Lipinski definition) is 5. The molecule has 2 heterocycles. The van der Waals surface area contributed by atoms with E-state index in [1.165, 1.54) is 0 Å². The van der Waals surface area contributed by atoms with Crippen molar-refractivity contribution < 1.29 is 14.2 Å². The highest BCUT2D eigenvalue weighted by Crippen LogP contribution is 2.52. The molecule has 3 aromatic rings. The second kappa shape index (κ2) is 6.17. The first-order valence-corrected chi connectivity index (χ1v) is 9.22. The predicted octanol–water partition coefficient (Wildman–Crippen LogP) is 4.71. The maximum Gasteiger partial charge on any atom is 0.283 e. The van der Waals surface area contributed by atoms with E-state index in [0.717, 1.165) is 28.0 Å². The molecule has 0 bridgehead atoms. The normalized spacial score (nSPS) is 19.3. The number of aliphatic imine (C=N–C) groups is 1. The van der Waals surface area contributed by atoms with Crippen molar-refractivity contribution in [2.75, 3.05) is 13.7 Å². The number of amidine groups is 1. The van der Waals surface area contributed by atoms with Crippen molar-refractivity contribution in [2.45, 2.75) is 5.54 Å². The molecule has 2 aliphatic heterocycles. The molecule has 1 unspecified atom stereocenters. The maximum atomic E-state index is 6.42. The Balaban J connectivity index is 1.75. The molecule has 0 aromatic heterocycles. The summed E-state index contributed by atoms with van der Waals surface area (Å²) in [6, 6.07) is 19.5. The molecule has 140 valence electrons. The number of hydrogen-bond donors (Lipinski definition) is 1. The second-order valence-corrected chi connectivity index (χ2v) is 7.16. The van der Waals surface area contributed by atoms with Crippen LogP contribution in [0.4, 0.5) is 0 Å². The molecule has 0 radical (unpaired) electrons. The van der Waals surface area contributed by atoms with Gasteiger partial charge in [0.15, 0.2) is 5.54 Å². The molecule has 0 aliphatic carbocycles. The summed E-state index contributed by atoms with van der Waals surface area (Å²) in [5, 5.41) is 0.681. The molecule has 1 atom stereocenters. The lowest BCUT2D eigenvalue weighted by molar-refractivity contribution is 0.264. The second-order valence-electron chi connectivity index (χ2n) is 6.75. The van der Waals surface area contributed by atoms with Crippen LogP contribution in [0, 0.1) is 0 Å². The summed E-state index contributed by atoms with van der Waals surface area (Å²) in [6.07, 6.45) is 0. The number of ether oxygens (including phenoxy) is 3. The number of fused-ring (bicyclic) bond motifs is 4. The minimum Gasteiger partial charge on any atom is -0.497 e. The lowest BCUT2D eigenvalue weighted by Crippen LogP contribution is -2.31. The largest absolute Gasteiger partial charge is 0.497 e. The summed E-state index contributed by atoms with van der Waals surface area (Å²) in [4.78, 5) is 4.70. The number of nitrogens with two attached hydrogens (primary N) is 1. The van der Waals surface area contributed by atoms with Gasteiger partial charge in [0.1, 0.15) is 23.9 Å². The molecular weight excluding hydrogens is 376 g/mol. The van der Waals surface area contributed by atoms with Gasteiger partial charge in [-0.05, 0) is 42.0 Å². The highest BCUT2D eigenvalue weighted by molar-refractivity contribution is 6.33. The summed E-state index contributed by atoms with van der Waals surface area (Å²) in [7, 11) is 1.63. The Hall–Kier alpha value is -3.18. The smallest absolute Gasteiger partial charge is 0.283 e. The van der Waals surface area contributed by atoms with E-state index in [0.29, 0.717) is 23.1 Å². The Morgan fingerprint density at radius 2 is 1.79 bits per heavy atom. The van der Waals surface area contributed by atoms with Crippen molar-refractivity contribution in [3.63, 3.8) is 0 Å². The van der Waals surface area contributed by atoms with Crippen molar-refractivity contribution in [2.24, 2.45) is 10.7 Å². The molecule has 0 saturated heterocycles. The van der Waals surface area contributed by atoms with E-state index in [1.54, 1.807) is 7.11 Å². The van der Waals surface area contributed by atoms with Gasteiger partial charge in [0.05, 0.1) is 7.11 Å². The molecule has 0 amide bonds. The van der Waals surface area contributed by atoms with Crippen LogP contribution in [0.1, 0.15) is 11.1 Å². The van der Waals surface area contributed by atoms with Crippen molar-refractivity contribution in [3.8, 4) is 28.4 Å². The quantitative estimate of drug-likeness (QED) is 0.685. The maximum absolute atomic E-state index is 6.42. The van der Waals surface area contributed by atoms with Gasteiger partial charge in [0, 0.05) is 21.7 Å². The summed E-state index contributed by atoms with van der Waals surface area (Å²) in [6.45, 7) is 0.293. The van der Waals surface area contributed by atoms with E-state index in [1.807, 2.05) is 60.7 Å². The topological polar surface area (TPSA) is 66.1 Å². The molecule has 5 rings (SSSR count). The molecule has 1 spiro atoms. The van der Waals surface area contributed by atoms with E-state index in [-0.39, 0.29) is 6.02 Å². The SMILES string of the molecule is COc1ccc2c(c1)C1(COC(N)=N1)c1cc(-c3ccccc3Cl)ccc1O2. The van der Waals surface area contributed by atoms with Crippen molar-refractivity contribution in [1.82, 2.24) is 0 Å². The summed E-state index contributed by atoms with van der Waals surface area (Å²) in [5.41, 5.74) is 8.79. The van der Waals surface area contributed by atoms with Gasteiger partial charge in [-0.2, -0.15) is 0 Å². The molecule has 5 nitrogen and oxygen atoms in total. The van der Waals surface area contributed by atoms with Gasteiger partial charge in [-0.15, -0.1) is 0 Å². The van der Waals surface area contributed by atoms with Crippen LogP contribution in [0.25, 0.3) is 11.1 Å². The average Bonchev–Trinajstić information content (AvgIpc) is 3.11. The Kier molecular flexibility index (Phi) is 3.74. The van der Waals surface area contributed by atoms with Gasteiger partial charge < -0.3 is 19.9 Å². The van der Waals surface area contributed by atoms with E-state index in [9.17, 15) is 0 Å². The molecule has 2 aliphatic rings. The summed E-state index contributed by atoms with van der Waals surface area (Å²) >= 11 is 6.42. The molecular formula is C22H17ClN2O3. The molecule has 0 fully saturated rings. The van der Waals surface area contributed by atoms with Gasteiger partial charge in [-0.3, -0.25) is 0 Å². The number of nitrogens with zero attached hydrogens (tertiary/aromatic N) is 1. The van der Waals surface area contributed by atoms with Crippen LogP contribution in [0.15, 0.2) is 65.7 Å². The fraction of sp³-hybridized carbons (Fsp3) is 0.136. The first-order chi connectivity index (χ1) is 13.6. The first-order valence-electron chi connectivity index (χ1n) is 8.85. The lowest BCUT2D eigenvalue weighted by Gasteiger charge is -2.34.